The number of rotatable bonds is 1. The Bertz CT molecular complexity index is 866. The van der Waals surface area contributed by atoms with Crippen LogP contribution in [0.25, 0.3) is 0 Å². The Balaban J connectivity index is 2.01. The van der Waals surface area contributed by atoms with Gasteiger partial charge in [0.25, 0.3) is 0 Å². The van der Waals surface area contributed by atoms with Gasteiger partial charge in [-0.3, -0.25) is 10.4 Å². The van der Waals surface area contributed by atoms with Gasteiger partial charge in [0.1, 0.15) is 6.10 Å². The van der Waals surface area contributed by atoms with Crippen molar-refractivity contribution < 1.29 is 9.47 Å². The third kappa shape index (κ3) is 1.72. The van der Waals surface area contributed by atoms with Crippen molar-refractivity contribution in [1.29, 1.82) is 21.2 Å². The van der Waals surface area contributed by atoms with Crippen LogP contribution in [-0.4, -0.2) is 16.7 Å². The van der Waals surface area contributed by atoms with E-state index in [0.29, 0.717) is 18.5 Å². The van der Waals surface area contributed by atoms with Gasteiger partial charge in [0.15, 0.2) is 5.41 Å². The summed E-state index contributed by atoms with van der Waals surface area (Å²) in [5, 5.41) is 38.8. The van der Waals surface area contributed by atoms with E-state index in [1.54, 1.807) is 24.4 Å². The molecule has 2 saturated heterocycles. The Labute approximate surface area is 151 Å². The van der Waals surface area contributed by atoms with Gasteiger partial charge < -0.3 is 9.47 Å². The van der Waals surface area contributed by atoms with Gasteiger partial charge in [-0.25, -0.2) is 0 Å². The quantitative estimate of drug-likeness (QED) is 0.832. The molecule has 0 aromatic carbocycles. The van der Waals surface area contributed by atoms with E-state index in [-0.39, 0.29) is 5.90 Å². The normalized spacial score (nSPS) is 37.2. The van der Waals surface area contributed by atoms with Crippen LogP contribution in [0, 0.1) is 56.2 Å². The molecule has 0 amide bonds. The molecular weight excluding hydrogens is 330 g/mol. The van der Waals surface area contributed by atoms with Crippen molar-refractivity contribution >= 4 is 5.90 Å². The Hall–Kier alpha value is -2.95. The van der Waals surface area contributed by atoms with Crippen molar-refractivity contribution in [3.63, 3.8) is 0 Å². The number of nitrogens with zero attached hydrogens (tertiary/aromatic N) is 4. The van der Waals surface area contributed by atoms with Gasteiger partial charge in [-0.15, -0.1) is 0 Å². The molecular formula is C19H17N5O2. The van der Waals surface area contributed by atoms with Gasteiger partial charge in [0, 0.05) is 12.6 Å². The van der Waals surface area contributed by atoms with Gasteiger partial charge >= 0.3 is 0 Å². The lowest BCUT2D eigenvalue weighted by atomic mass is 9.53. The Morgan fingerprint density at radius 2 is 1.92 bits per heavy atom. The van der Waals surface area contributed by atoms with Gasteiger partial charge in [0.2, 0.25) is 17.1 Å². The number of ether oxygens (including phenoxy) is 2. The molecule has 4 atom stereocenters. The van der Waals surface area contributed by atoms with Crippen molar-refractivity contribution in [2.45, 2.75) is 44.0 Å². The molecule has 0 unspecified atom stereocenters. The van der Waals surface area contributed by atoms with Crippen LogP contribution in [0.5, 0.6) is 0 Å². The average molecular weight is 347 g/mol. The molecule has 4 rings (SSSR count). The summed E-state index contributed by atoms with van der Waals surface area (Å²) in [5.41, 5.74) is -3.17. The van der Waals surface area contributed by atoms with Crippen LogP contribution in [0.4, 0.5) is 0 Å². The summed E-state index contributed by atoms with van der Waals surface area (Å²) in [6.45, 7) is 0. The third-order valence-corrected chi connectivity index (χ3v) is 6.02. The number of hydrogen-bond donors (Lipinski definition) is 1. The Morgan fingerprint density at radius 1 is 1.12 bits per heavy atom. The van der Waals surface area contributed by atoms with Crippen LogP contribution < -0.4 is 0 Å². The van der Waals surface area contributed by atoms with Crippen LogP contribution in [0.2, 0.25) is 0 Å². The zero-order valence-corrected chi connectivity index (χ0v) is 14.1. The zero-order valence-electron chi connectivity index (χ0n) is 14.1. The maximum absolute atomic E-state index is 10.2. The second-order valence-electron chi connectivity index (χ2n) is 7.10. The fourth-order valence-electron chi connectivity index (χ4n) is 4.83. The minimum absolute atomic E-state index is 0.326. The summed E-state index contributed by atoms with van der Waals surface area (Å²) in [5.74, 6) is -1.99. The molecule has 1 saturated carbocycles. The van der Waals surface area contributed by atoms with Crippen LogP contribution in [-0.2, 0) is 9.47 Å². The largest absolute Gasteiger partial charge is 0.447 e. The number of aromatic nitrogens is 1. The summed E-state index contributed by atoms with van der Waals surface area (Å²) in [6, 6.07) is 11.4. The predicted molar refractivity (Wildman–Crippen MR) is 87.9 cm³/mol. The number of nitrogens with one attached hydrogen (secondary N) is 1. The van der Waals surface area contributed by atoms with Gasteiger partial charge in [0.05, 0.1) is 29.8 Å². The first-order chi connectivity index (χ1) is 12.6. The topological polar surface area (TPSA) is 127 Å². The molecule has 1 aliphatic carbocycles. The second-order valence-corrected chi connectivity index (χ2v) is 7.10. The first kappa shape index (κ1) is 16.5. The lowest BCUT2D eigenvalue weighted by molar-refractivity contribution is -0.285. The van der Waals surface area contributed by atoms with Crippen LogP contribution >= 0.6 is 0 Å². The highest BCUT2D eigenvalue weighted by Crippen LogP contribution is 2.68. The summed E-state index contributed by atoms with van der Waals surface area (Å²) >= 11 is 0. The highest BCUT2D eigenvalue weighted by molar-refractivity contribution is 5.89. The smallest absolute Gasteiger partial charge is 0.217 e. The lowest BCUT2D eigenvalue weighted by Gasteiger charge is -2.49. The third-order valence-electron chi connectivity index (χ3n) is 6.02. The first-order valence-electron chi connectivity index (χ1n) is 8.71. The highest BCUT2D eigenvalue weighted by atomic mass is 16.7. The fraction of sp³-hybridized carbons (Fsp3) is 0.526. The molecule has 1 aromatic rings. The lowest BCUT2D eigenvalue weighted by Crippen LogP contribution is -2.59. The maximum Gasteiger partial charge on any atom is 0.217 e. The Kier molecular flexibility index (Phi) is 3.51. The molecule has 2 aliphatic heterocycles. The van der Waals surface area contributed by atoms with E-state index >= 15 is 0 Å². The fourth-order valence-corrected chi connectivity index (χ4v) is 4.83. The number of pyridine rings is 1. The van der Waals surface area contributed by atoms with E-state index in [1.807, 2.05) is 12.1 Å². The van der Waals surface area contributed by atoms with Crippen LogP contribution in [0.15, 0.2) is 24.4 Å². The summed E-state index contributed by atoms with van der Waals surface area (Å²) < 4.78 is 12.2. The van der Waals surface area contributed by atoms with Gasteiger partial charge in [-0.1, -0.05) is 18.9 Å². The molecule has 26 heavy (non-hydrogen) atoms. The highest BCUT2D eigenvalue weighted by Gasteiger charge is 2.80. The molecule has 3 aliphatic rings. The van der Waals surface area contributed by atoms with Crippen LogP contribution in [0.3, 0.4) is 0 Å². The number of hydrogen-bond acceptors (Lipinski definition) is 7. The molecule has 3 heterocycles. The summed E-state index contributed by atoms with van der Waals surface area (Å²) in [7, 11) is 0. The van der Waals surface area contributed by atoms with Gasteiger partial charge in [-0.05, 0) is 25.0 Å². The average Bonchev–Trinajstić information content (AvgIpc) is 2.81. The first-order valence-corrected chi connectivity index (χ1v) is 8.71. The molecule has 1 aromatic heterocycles. The van der Waals surface area contributed by atoms with Crippen LogP contribution in [0.1, 0.15) is 43.9 Å². The van der Waals surface area contributed by atoms with Crippen molar-refractivity contribution in [3.05, 3.63) is 30.1 Å². The van der Waals surface area contributed by atoms with E-state index in [2.05, 4.69) is 11.1 Å². The molecule has 130 valence electrons. The van der Waals surface area contributed by atoms with E-state index in [1.165, 1.54) is 0 Å². The second kappa shape index (κ2) is 5.53. The number of nitriles is 3. The summed E-state index contributed by atoms with van der Waals surface area (Å²) in [4.78, 5) is 4.28. The minimum atomic E-state index is -1.90. The SMILES string of the molecule is N#CC1(C#N)[C@@H](c2ccccn2)O[C@@]23CCCCC[C@@H]2[C@@]1(C#N)C(=N)O3. The van der Waals surface area contributed by atoms with E-state index in [4.69, 9.17) is 14.9 Å². The monoisotopic (exact) mass is 347 g/mol. The zero-order chi connectivity index (χ0) is 18.4. The molecule has 2 bridgehead atoms. The molecule has 3 fully saturated rings. The van der Waals surface area contributed by atoms with Crippen molar-refractivity contribution in [3.8, 4) is 18.2 Å². The minimum Gasteiger partial charge on any atom is -0.447 e. The van der Waals surface area contributed by atoms with Crippen molar-refractivity contribution in [2.75, 3.05) is 0 Å². The van der Waals surface area contributed by atoms with Gasteiger partial charge in [-0.2, -0.15) is 15.8 Å². The molecule has 0 radical (unpaired) electrons. The van der Waals surface area contributed by atoms with Crippen molar-refractivity contribution in [2.24, 2.45) is 16.7 Å². The molecule has 0 spiro atoms. The maximum atomic E-state index is 10.2. The van der Waals surface area contributed by atoms with E-state index in [9.17, 15) is 15.8 Å². The van der Waals surface area contributed by atoms with Crippen molar-refractivity contribution in [1.82, 2.24) is 4.98 Å². The Morgan fingerprint density at radius 3 is 2.58 bits per heavy atom. The van der Waals surface area contributed by atoms with E-state index in [0.717, 1.165) is 19.3 Å². The molecule has 7 heteroatoms. The molecule has 1 N–H and O–H groups in total. The van der Waals surface area contributed by atoms with E-state index < -0.39 is 28.6 Å². The molecule has 7 nitrogen and oxygen atoms in total. The standard InChI is InChI=1S/C19H17N5O2/c20-10-17(11-21)15(13-6-3-5-9-24-13)25-19-8-4-1-2-7-14(19)18(17,12-22)16(23)26-19/h3,5-6,9,14-15,23H,1-2,4,7-8H2/t14-,15-,18+,19-/m1/s1. The summed E-state index contributed by atoms with van der Waals surface area (Å²) in [6.07, 6.45) is 4.25. The predicted octanol–water partition coefficient (Wildman–Crippen LogP) is 2.98.